The number of hydrogen-bond donors (Lipinski definition) is 0. The summed E-state index contributed by atoms with van der Waals surface area (Å²) < 4.78 is 6.24. The number of anilines is 1. The van der Waals surface area contributed by atoms with Crippen molar-refractivity contribution in [2.75, 3.05) is 39.2 Å². The Kier molecular flexibility index (Phi) is 5.29. The van der Waals surface area contributed by atoms with Crippen molar-refractivity contribution >= 4 is 5.69 Å². The van der Waals surface area contributed by atoms with E-state index >= 15 is 0 Å². The summed E-state index contributed by atoms with van der Waals surface area (Å²) in [6.45, 7) is 1.73. The van der Waals surface area contributed by atoms with E-state index in [9.17, 15) is 0 Å². The molecule has 2 aromatic carbocycles. The van der Waals surface area contributed by atoms with Crippen LogP contribution in [0.1, 0.15) is 23.5 Å². The summed E-state index contributed by atoms with van der Waals surface area (Å²) in [6, 6.07) is 19.3. The standard InChI is InChI=1S/C25H27N2O/c1-26(2)17-10-18-28-23-16-9-14-21-24(19-11-5-4-6-12-19)20-13-7-8-15-22(20)27(3)25(21)23/h4-9,11-13,15-16,24H,10,17-18H2,1-3H3/q+1. The second-order valence-corrected chi connectivity index (χ2v) is 7.57. The lowest BCUT2D eigenvalue weighted by atomic mass is 9.78. The predicted octanol–water partition coefficient (Wildman–Crippen LogP) is 4.75. The number of nitrogens with zero attached hydrogens (tertiary/aromatic N) is 2. The van der Waals surface area contributed by atoms with E-state index in [1.807, 2.05) is 12.2 Å². The number of fused-ring (bicyclic) bond motifs is 2. The normalized spacial score (nSPS) is 17.8. The lowest BCUT2D eigenvalue weighted by Crippen LogP contribution is -2.30. The first kappa shape index (κ1) is 18.5. The highest BCUT2D eigenvalue weighted by Gasteiger charge is 2.41. The van der Waals surface area contributed by atoms with Crippen molar-refractivity contribution in [2.45, 2.75) is 12.3 Å². The van der Waals surface area contributed by atoms with Crippen LogP contribution in [-0.4, -0.2) is 39.2 Å². The van der Waals surface area contributed by atoms with Crippen LogP contribution in [-0.2, 0) is 4.74 Å². The first-order valence-electron chi connectivity index (χ1n) is 9.86. The molecule has 1 unspecified atom stereocenters. The molecule has 3 heteroatoms. The van der Waals surface area contributed by atoms with E-state index in [2.05, 4.69) is 91.6 Å². The van der Waals surface area contributed by atoms with Gasteiger partial charge in [-0.25, -0.2) is 0 Å². The Labute approximate surface area is 168 Å². The largest absolute Gasteiger partial charge is 0.470 e. The smallest absolute Gasteiger partial charge is 0.258 e. The van der Waals surface area contributed by atoms with E-state index in [0.717, 1.165) is 24.4 Å². The monoisotopic (exact) mass is 371 g/mol. The van der Waals surface area contributed by atoms with Gasteiger partial charge in [-0.2, -0.15) is 0 Å². The van der Waals surface area contributed by atoms with Gasteiger partial charge in [-0.1, -0.05) is 48.5 Å². The molecule has 0 amide bonds. The highest BCUT2D eigenvalue weighted by atomic mass is 16.5. The minimum atomic E-state index is 0.161. The van der Waals surface area contributed by atoms with Gasteiger partial charge in [0.1, 0.15) is 6.08 Å². The Balaban J connectivity index is 1.75. The van der Waals surface area contributed by atoms with Crippen molar-refractivity contribution in [3.05, 3.63) is 101 Å². The van der Waals surface area contributed by atoms with Crippen LogP contribution in [0.2, 0.25) is 0 Å². The fourth-order valence-corrected chi connectivity index (χ4v) is 4.04. The van der Waals surface area contributed by atoms with Crippen molar-refractivity contribution < 1.29 is 4.74 Å². The van der Waals surface area contributed by atoms with Gasteiger partial charge in [-0.05, 0) is 37.7 Å². The quantitative estimate of drug-likeness (QED) is 0.538. The zero-order chi connectivity index (χ0) is 19.5. The maximum absolute atomic E-state index is 6.24. The van der Waals surface area contributed by atoms with Gasteiger partial charge in [0.2, 0.25) is 5.70 Å². The lowest BCUT2D eigenvalue weighted by Gasteiger charge is -2.33. The van der Waals surface area contributed by atoms with Crippen LogP contribution in [0.5, 0.6) is 0 Å². The second kappa shape index (κ2) is 8.02. The minimum Gasteiger partial charge on any atom is -0.470 e. The van der Waals surface area contributed by atoms with Crippen molar-refractivity contribution in [1.29, 1.82) is 0 Å². The van der Waals surface area contributed by atoms with E-state index in [1.165, 1.54) is 22.4 Å². The molecular formula is C25H27N2O+. The molecule has 4 rings (SSSR count). The summed E-state index contributed by atoms with van der Waals surface area (Å²) in [5.41, 5.74) is 6.12. The van der Waals surface area contributed by atoms with Crippen LogP contribution in [0.3, 0.4) is 0 Å². The van der Waals surface area contributed by atoms with Crippen LogP contribution < -0.4 is 4.90 Å². The molecule has 0 saturated carbocycles. The first-order valence-corrected chi connectivity index (χ1v) is 9.86. The first-order chi connectivity index (χ1) is 13.7. The van der Waals surface area contributed by atoms with Crippen molar-refractivity contribution in [3.63, 3.8) is 0 Å². The molecule has 0 aromatic heterocycles. The van der Waals surface area contributed by atoms with Crippen LogP contribution in [0.25, 0.3) is 0 Å². The number of benzene rings is 2. The third-order valence-corrected chi connectivity index (χ3v) is 5.34. The molecule has 0 fully saturated rings. The van der Waals surface area contributed by atoms with Gasteiger partial charge in [0, 0.05) is 19.7 Å². The second-order valence-electron chi connectivity index (χ2n) is 7.57. The fraction of sp³-hybridized carbons (Fsp3) is 0.280. The summed E-state index contributed by atoms with van der Waals surface area (Å²) in [4.78, 5) is 4.44. The Hall–Kier alpha value is -2.87. The average Bonchev–Trinajstić information content (AvgIpc) is 2.72. The number of rotatable bonds is 6. The van der Waals surface area contributed by atoms with Crippen LogP contribution in [0, 0.1) is 6.08 Å². The summed E-state index contributed by atoms with van der Waals surface area (Å²) >= 11 is 0. The predicted molar refractivity (Wildman–Crippen MR) is 115 cm³/mol. The van der Waals surface area contributed by atoms with Crippen molar-refractivity contribution in [2.24, 2.45) is 0 Å². The third-order valence-electron chi connectivity index (χ3n) is 5.34. The SMILES string of the molecule is CN(C)CCCOC1=C2C(=[C+]C=C1)C(c1ccccc1)c1ccccc1N2C. The number of likely N-dealkylation sites (N-methyl/N-ethyl adjacent to an activating group) is 1. The highest BCUT2D eigenvalue weighted by Crippen LogP contribution is 2.48. The zero-order valence-electron chi connectivity index (χ0n) is 16.9. The maximum Gasteiger partial charge on any atom is 0.258 e. The van der Waals surface area contributed by atoms with Gasteiger partial charge < -0.3 is 9.64 Å². The molecular weight excluding hydrogens is 344 g/mol. The van der Waals surface area contributed by atoms with E-state index < -0.39 is 0 Å². The number of para-hydroxylation sites is 1. The summed E-state index contributed by atoms with van der Waals surface area (Å²) in [7, 11) is 6.31. The van der Waals surface area contributed by atoms with Gasteiger partial charge in [-0.3, -0.25) is 4.90 Å². The van der Waals surface area contributed by atoms with Crippen LogP contribution >= 0.6 is 0 Å². The van der Waals surface area contributed by atoms with E-state index in [1.54, 1.807) is 0 Å². The third kappa shape index (κ3) is 3.47. The molecule has 3 nitrogen and oxygen atoms in total. The molecule has 28 heavy (non-hydrogen) atoms. The number of ether oxygens (including phenoxy) is 1. The van der Waals surface area contributed by atoms with Gasteiger partial charge in [0.25, 0.3) is 5.76 Å². The molecule has 1 aliphatic carbocycles. The Bertz CT molecular complexity index is 925. The Morgan fingerprint density at radius 2 is 1.79 bits per heavy atom. The fourth-order valence-electron chi connectivity index (χ4n) is 4.04. The van der Waals surface area contributed by atoms with Gasteiger partial charge in [0.05, 0.1) is 24.3 Å². The van der Waals surface area contributed by atoms with Crippen LogP contribution in [0.4, 0.5) is 5.69 Å². The van der Waals surface area contributed by atoms with Crippen molar-refractivity contribution in [3.8, 4) is 0 Å². The van der Waals surface area contributed by atoms with Gasteiger partial charge in [-0.15, -0.1) is 0 Å². The van der Waals surface area contributed by atoms with Gasteiger partial charge >= 0.3 is 0 Å². The molecule has 2 aliphatic rings. The van der Waals surface area contributed by atoms with Crippen molar-refractivity contribution in [1.82, 2.24) is 4.90 Å². The molecule has 0 bridgehead atoms. The van der Waals surface area contributed by atoms with E-state index in [-0.39, 0.29) is 5.92 Å². The zero-order valence-corrected chi connectivity index (χ0v) is 16.9. The molecule has 2 aromatic rings. The number of allylic oxidation sites excluding steroid dienone is 4. The number of hydrogen-bond acceptors (Lipinski definition) is 3. The maximum atomic E-state index is 6.24. The Morgan fingerprint density at radius 3 is 2.57 bits per heavy atom. The average molecular weight is 372 g/mol. The lowest BCUT2D eigenvalue weighted by molar-refractivity contribution is 0.203. The highest BCUT2D eigenvalue weighted by molar-refractivity contribution is 5.73. The van der Waals surface area contributed by atoms with E-state index in [4.69, 9.17) is 4.74 Å². The summed E-state index contributed by atoms with van der Waals surface area (Å²) in [5.74, 6) is 1.10. The van der Waals surface area contributed by atoms with Crippen LogP contribution in [0.15, 0.2) is 83.8 Å². The minimum absolute atomic E-state index is 0.161. The topological polar surface area (TPSA) is 15.7 Å². The Morgan fingerprint density at radius 1 is 1.04 bits per heavy atom. The molecule has 0 radical (unpaired) electrons. The molecule has 1 atom stereocenters. The van der Waals surface area contributed by atoms with Gasteiger partial charge in [0.15, 0.2) is 5.57 Å². The molecule has 1 heterocycles. The molecule has 0 saturated heterocycles. The molecule has 0 spiro atoms. The molecule has 0 N–H and O–H groups in total. The molecule has 1 aliphatic heterocycles. The molecule has 142 valence electrons. The summed E-state index contributed by atoms with van der Waals surface area (Å²) in [5, 5.41) is 0. The summed E-state index contributed by atoms with van der Waals surface area (Å²) in [6.07, 6.45) is 8.57. The van der Waals surface area contributed by atoms with E-state index in [0.29, 0.717) is 6.61 Å².